The Morgan fingerprint density at radius 1 is 1.19 bits per heavy atom. The fourth-order valence-corrected chi connectivity index (χ4v) is 3.80. The molecule has 1 fully saturated rings. The molecule has 1 aliphatic carbocycles. The van der Waals surface area contributed by atoms with Crippen molar-refractivity contribution in [1.29, 1.82) is 0 Å². The van der Waals surface area contributed by atoms with Gasteiger partial charge in [-0.15, -0.1) is 0 Å². The second kappa shape index (κ2) is 9.17. The van der Waals surface area contributed by atoms with Crippen LogP contribution < -0.4 is 15.5 Å². The molecule has 1 heterocycles. The van der Waals surface area contributed by atoms with Crippen LogP contribution in [-0.2, 0) is 0 Å². The Labute approximate surface area is 168 Å². The monoisotopic (exact) mass is 431 g/mol. The van der Waals surface area contributed by atoms with Gasteiger partial charge in [-0.25, -0.2) is 4.98 Å². The molecule has 3 rings (SSSR count). The Kier molecular flexibility index (Phi) is 6.66. The van der Waals surface area contributed by atoms with E-state index in [1.807, 2.05) is 49.3 Å². The fraction of sp³-hybridized carbons (Fsp3) is 0.450. The molecular weight excluding hydrogens is 406 g/mol. The maximum absolute atomic E-state index is 12.3. The van der Waals surface area contributed by atoms with Gasteiger partial charge in [-0.2, -0.15) is 4.98 Å². The van der Waals surface area contributed by atoms with E-state index in [0.717, 1.165) is 42.5 Å². The number of nitrogens with zero attached hydrogens (tertiary/aromatic N) is 3. The summed E-state index contributed by atoms with van der Waals surface area (Å²) in [5.74, 6) is 2.09. The molecule has 0 aliphatic heterocycles. The predicted octanol–water partition coefficient (Wildman–Crippen LogP) is 3.71. The van der Waals surface area contributed by atoms with Crippen molar-refractivity contribution in [3.63, 3.8) is 0 Å². The van der Waals surface area contributed by atoms with Crippen molar-refractivity contribution in [2.45, 2.75) is 31.7 Å². The predicted molar refractivity (Wildman–Crippen MR) is 112 cm³/mol. The number of benzene rings is 1. The molecule has 1 amide bonds. The fourth-order valence-electron chi connectivity index (χ4n) is 3.34. The van der Waals surface area contributed by atoms with Crippen LogP contribution in [-0.4, -0.2) is 42.6 Å². The van der Waals surface area contributed by atoms with Crippen LogP contribution in [0.4, 0.5) is 11.8 Å². The van der Waals surface area contributed by atoms with E-state index in [1.165, 1.54) is 0 Å². The van der Waals surface area contributed by atoms with E-state index in [-0.39, 0.29) is 5.91 Å². The van der Waals surface area contributed by atoms with Crippen molar-refractivity contribution in [3.8, 4) is 0 Å². The van der Waals surface area contributed by atoms with Gasteiger partial charge in [0.1, 0.15) is 5.82 Å². The quantitative estimate of drug-likeness (QED) is 0.729. The maximum Gasteiger partial charge on any atom is 0.252 e. The molecule has 6 nitrogen and oxygen atoms in total. The Balaban J connectivity index is 1.44. The maximum atomic E-state index is 12.3. The summed E-state index contributed by atoms with van der Waals surface area (Å²) in [7, 11) is 3.94. The molecule has 7 heteroatoms. The Morgan fingerprint density at radius 3 is 2.63 bits per heavy atom. The van der Waals surface area contributed by atoms with E-state index in [2.05, 4.69) is 36.5 Å². The number of anilines is 2. The Bertz CT molecular complexity index is 774. The highest BCUT2D eigenvalue weighted by Crippen LogP contribution is 2.26. The third kappa shape index (κ3) is 5.42. The lowest BCUT2D eigenvalue weighted by atomic mass is 9.86. The first-order valence-corrected chi connectivity index (χ1v) is 10.1. The van der Waals surface area contributed by atoms with Crippen LogP contribution in [0.5, 0.6) is 0 Å². The van der Waals surface area contributed by atoms with Crippen LogP contribution in [0.25, 0.3) is 0 Å². The van der Waals surface area contributed by atoms with Crippen LogP contribution in [0.15, 0.2) is 41.0 Å². The molecule has 0 saturated heterocycles. The van der Waals surface area contributed by atoms with E-state index in [4.69, 9.17) is 0 Å². The third-order valence-corrected chi connectivity index (χ3v) is 5.64. The van der Waals surface area contributed by atoms with Crippen molar-refractivity contribution in [2.75, 3.05) is 30.9 Å². The minimum atomic E-state index is -0.0170. The SMILES string of the molecule is CN(C)c1ccnc(N[C@H]2CC[C@@H](CNC(=O)c3ccccc3Br)CC2)n1. The van der Waals surface area contributed by atoms with Gasteiger partial charge in [0.15, 0.2) is 0 Å². The molecule has 27 heavy (non-hydrogen) atoms. The zero-order valence-electron chi connectivity index (χ0n) is 15.8. The van der Waals surface area contributed by atoms with Crippen molar-refractivity contribution in [2.24, 2.45) is 5.92 Å². The van der Waals surface area contributed by atoms with Gasteiger partial charge < -0.3 is 15.5 Å². The number of amides is 1. The van der Waals surface area contributed by atoms with Crippen LogP contribution in [0.1, 0.15) is 36.0 Å². The second-order valence-electron chi connectivity index (χ2n) is 7.18. The highest BCUT2D eigenvalue weighted by Gasteiger charge is 2.22. The summed E-state index contributed by atoms with van der Waals surface area (Å²) in [6.07, 6.45) is 6.08. The minimum Gasteiger partial charge on any atom is -0.363 e. The van der Waals surface area contributed by atoms with E-state index >= 15 is 0 Å². The summed E-state index contributed by atoms with van der Waals surface area (Å²) >= 11 is 3.43. The molecule has 0 atom stereocenters. The third-order valence-electron chi connectivity index (χ3n) is 4.95. The molecule has 1 aliphatic rings. The van der Waals surface area contributed by atoms with Crippen molar-refractivity contribution < 1.29 is 4.79 Å². The summed E-state index contributed by atoms with van der Waals surface area (Å²) in [5.41, 5.74) is 0.686. The van der Waals surface area contributed by atoms with E-state index in [0.29, 0.717) is 23.5 Å². The summed E-state index contributed by atoms with van der Waals surface area (Å²) in [4.78, 5) is 23.2. The molecule has 0 spiro atoms. The van der Waals surface area contributed by atoms with Crippen LogP contribution in [0.3, 0.4) is 0 Å². The Morgan fingerprint density at radius 2 is 1.93 bits per heavy atom. The molecule has 2 aromatic rings. The van der Waals surface area contributed by atoms with Gasteiger partial charge in [0.25, 0.3) is 5.91 Å². The molecule has 0 bridgehead atoms. The van der Waals surface area contributed by atoms with E-state index < -0.39 is 0 Å². The van der Waals surface area contributed by atoms with Gasteiger partial charge in [-0.05, 0) is 65.7 Å². The molecule has 1 saturated carbocycles. The largest absolute Gasteiger partial charge is 0.363 e. The first-order valence-electron chi connectivity index (χ1n) is 9.32. The summed E-state index contributed by atoms with van der Waals surface area (Å²) in [5, 5.41) is 6.53. The van der Waals surface area contributed by atoms with E-state index in [9.17, 15) is 4.79 Å². The van der Waals surface area contributed by atoms with Gasteiger partial charge in [0.2, 0.25) is 5.95 Å². The first kappa shape index (κ1) is 19.6. The molecule has 144 valence electrons. The molecular formula is C20H26BrN5O. The normalized spacial score (nSPS) is 19.4. The topological polar surface area (TPSA) is 70.2 Å². The van der Waals surface area contributed by atoms with Gasteiger partial charge in [-0.1, -0.05) is 12.1 Å². The second-order valence-corrected chi connectivity index (χ2v) is 8.04. The van der Waals surface area contributed by atoms with Crippen molar-refractivity contribution in [1.82, 2.24) is 15.3 Å². The van der Waals surface area contributed by atoms with Gasteiger partial charge in [0.05, 0.1) is 5.56 Å². The average molecular weight is 432 g/mol. The minimum absolute atomic E-state index is 0.0170. The lowest BCUT2D eigenvalue weighted by Gasteiger charge is -2.29. The molecule has 0 radical (unpaired) electrons. The van der Waals surface area contributed by atoms with Crippen molar-refractivity contribution >= 4 is 33.6 Å². The Hall–Kier alpha value is -2.15. The zero-order valence-corrected chi connectivity index (χ0v) is 17.4. The standard InChI is InChI=1S/C20H26BrN5O/c1-26(2)18-11-12-22-20(25-18)24-15-9-7-14(8-10-15)13-23-19(27)16-5-3-4-6-17(16)21/h3-6,11-12,14-15H,7-10,13H2,1-2H3,(H,23,27)(H,22,24,25)/t14-,15+. The van der Waals surface area contributed by atoms with E-state index in [1.54, 1.807) is 6.20 Å². The van der Waals surface area contributed by atoms with Crippen LogP contribution in [0, 0.1) is 5.92 Å². The number of halogens is 1. The number of nitrogens with one attached hydrogen (secondary N) is 2. The first-order chi connectivity index (χ1) is 13.0. The van der Waals surface area contributed by atoms with Gasteiger partial charge in [0, 0.05) is 37.4 Å². The number of rotatable bonds is 6. The highest BCUT2D eigenvalue weighted by molar-refractivity contribution is 9.10. The molecule has 1 aromatic carbocycles. The number of hydrogen-bond donors (Lipinski definition) is 2. The summed E-state index contributed by atoms with van der Waals surface area (Å²) in [6.45, 7) is 0.722. The smallest absolute Gasteiger partial charge is 0.252 e. The number of carbonyl (C=O) groups excluding carboxylic acids is 1. The van der Waals surface area contributed by atoms with Crippen molar-refractivity contribution in [3.05, 3.63) is 46.6 Å². The molecule has 0 unspecified atom stereocenters. The summed E-state index contributed by atoms with van der Waals surface area (Å²) in [6, 6.07) is 9.80. The number of carbonyl (C=O) groups is 1. The van der Waals surface area contributed by atoms with Gasteiger partial charge in [-0.3, -0.25) is 4.79 Å². The number of aromatic nitrogens is 2. The van der Waals surface area contributed by atoms with Crippen LogP contribution >= 0.6 is 15.9 Å². The average Bonchev–Trinajstić information content (AvgIpc) is 2.68. The summed E-state index contributed by atoms with van der Waals surface area (Å²) < 4.78 is 0.829. The highest BCUT2D eigenvalue weighted by atomic mass is 79.9. The molecule has 1 aromatic heterocycles. The van der Waals surface area contributed by atoms with Gasteiger partial charge >= 0.3 is 0 Å². The lowest BCUT2D eigenvalue weighted by molar-refractivity contribution is 0.0942. The van der Waals surface area contributed by atoms with Crippen LogP contribution in [0.2, 0.25) is 0 Å². The lowest BCUT2D eigenvalue weighted by Crippen LogP contribution is -2.34. The molecule has 2 N–H and O–H groups in total. The number of hydrogen-bond acceptors (Lipinski definition) is 5. The zero-order chi connectivity index (χ0) is 19.2.